The van der Waals surface area contributed by atoms with E-state index in [1.54, 1.807) is 0 Å². The van der Waals surface area contributed by atoms with Crippen molar-refractivity contribution in [3.05, 3.63) is 41.6 Å². The van der Waals surface area contributed by atoms with Crippen molar-refractivity contribution in [3.63, 3.8) is 0 Å². The van der Waals surface area contributed by atoms with Gasteiger partial charge in [0.2, 0.25) is 0 Å². The molecule has 1 aromatic heterocycles. The van der Waals surface area contributed by atoms with Gasteiger partial charge in [-0.2, -0.15) is 0 Å². The predicted octanol–water partition coefficient (Wildman–Crippen LogP) is 1.94. The Balaban J connectivity index is 2.14. The highest BCUT2D eigenvalue weighted by molar-refractivity contribution is 5.79. The molecule has 0 aliphatic heterocycles. The summed E-state index contributed by atoms with van der Waals surface area (Å²) >= 11 is 0. The number of hydrogen-bond acceptors (Lipinski definition) is 2. The number of nitrogens with zero attached hydrogens (tertiary/aromatic N) is 1. The van der Waals surface area contributed by atoms with Crippen LogP contribution in [0.2, 0.25) is 0 Å². The molecule has 1 atom stereocenters. The highest BCUT2D eigenvalue weighted by atomic mass is 16.3. The third-order valence-electron chi connectivity index (χ3n) is 3.14. The summed E-state index contributed by atoms with van der Waals surface area (Å²) in [5.41, 5.74) is 3.55. The lowest BCUT2D eigenvalue weighted by atomic mass is 10.1. The molecular formula is C13H13NO. The number of fused-ring (bicyclic) bond motifs is 2. The molecule has 0 bridgehead atoms. The molecule has 76 valence electrons. The molecule has 0 spiro atoms. The van der Waals surface area contributed by atoms with Crippen LogP contribution >= 0.6 is 0 Å². The Morgan fingerprint density at radius 3 is 3.00 bits per heavy atom. The Bertz CT molecular complexity index is 462. The van der Waals surface area contributed by atoms with E-state index < -0.39 is 0 Å². The van der Waals surface area contributed by atoms with Gasteiger partial charge in [-0.15, -0.1) is 0 Å². The van der Waals surface area contributed by atoms with Crippen molar-refractivity contribution in [1.29, 1.82) is 0 Å². The van der Waals surface area contributed by atoms with Gasteiger partial charge in [-0.3, -0.25) is 4.98 Å². The van der Waals surface area contributed by atoms with Crippen LogP contribution in [0.4, 0.5) is 0 Å². The van der Waals surface area contributed by atoms with Gasteiger partial charge in [0.1, 0.15) is 0 Å². The fourth-order valence-corrected chi connectivity index (χ4v) is 2.34. The first kappa shape index (κ1) is 8.86. The highest BCUT2D eigenvalue weighted by Crippen LogP contribution is 2.27. The molecule has 15 heavy (non-hydrogen) atoms. The van der Waals surface area contributed by atoms with Crippen LogP contribution < -0.4 is 0 Å². The molecule has 2 nitrogen and oxygen atoms in total. The number of rotatable bonds is 1. The quantitative estimate of drug-likeness (QED) is 0.761. The first-order chi connectivity index (χ1) is 7.36. The first-order valence-corrected chi connectivity index (χ1v) is 5.35. The van der Waals surface area contributed by atoms with Crippen molar-refractivity contribution in [2.24, 2.45) is 5.92 Å². The van der Waals surface area contributed by atoms with Crippen LogP contribution in [0.15, 0.2) is 30.3 Å². The summed E-state index contributed by atoms with van der Waals surface area (Å²) in [6, 6.07) is 10.4. The topological polar surface area (TPSA) is 33.1 Å². The zero-order chi connectivity index (χ0) is 10.3. The Kier molecular flexibility index (Phi) is 1.96. The Labute approximate surface area is 88.6 Å². The van der Waals surface area contributed by atoms with Gasteiger partial charge < -0.3 is 5.11 Å². The minimum absolute atomic E-state index is 0.271. The van der Waals surface area contributed by atoms with Crippen molar-refractivity contribution in [3.8, 4) is 0 Å². The molecule has 1 aromatic carbocycles. The number of para-hydroxylation sites is 1. The van der Waals surface area contributed by atoms with Gasteiger partial charge in [0.05, 0.1) is 5.52 Å². The predicted molar refractivity (Wildman–Crippen MR) is 59.7 cm³/mol. The van der Waals surface area contributed by atoms with E-state index >= 15 is 0 Å². The van der Waals surface area contributed by atoms with Gasteiger partial charge in [0, 0.05) is 17.7 Å². The summed E-state index contributed by atoms with van der Waals surface area (Å²) < 4.78 is 0. The van der Waals surface area contributed by atoms with Crippen LogP contribution in [-0.4, -0.2) is 16.7 Å². The Morgan fingerprint density at radius 1 is 1.27 bits per heavy atom. The molecule has 2 aromatic rings. The summed E-state index contributed by atoms with van der Waals surface area (Å²) in [4.78, 5) is 4.64. The average molecular weight is 199 g/mol. The van der Waals surface area contributed by atoms with Crippen LogP contribution in [0.25, 0.3) is 10.9 Å². The molecule has 1 heterocycles. The molecule has 2 heteroatoms. The number of aliphatic hydroxyl groups is 1. The largest absolute Gasteiger partial charge is 0.396 e. The highest BCUT2D eigenvalue weighted by Gasteiger charge is 2.22. The van der Waals surface area contributed by atoms with Gasteiger partial charge in [-0.25, -0.2) is 0 Å². The zero-order valence-corrected chi connectivity index (χ0v) is 8.48. The maximum absolute atomic E-state index is 9.15. The van der Waals surface area contributed by atoms with Gasteiger partial charge in [-0.1, -0.05) is 18.2 Å². The van der Waals surface area contributed by atoms with Crippen molar-refractivity contribution in [2.75, 3.05) is 6.61 Å². The molecule has 0 saturated carbocycles. The van der Waals surface area contributed by atoms with E-state index in [1.165, 1.54) is 16.6 Å². The smallest absolute Gasteiger partial charge is 0.0705 e. The van der Waals surface area contributed by atoms with Gasteiger partial charge in [0.25, 0.3) is 0 Å². The molecule has 0 amide bonds. The van der Waals surface area contributed by atoms with Gasteiger partial charge in [0.15, 0.2) is 0 Å². The number of aromatic nitrogens is 1. The maximum Gasteiger partial charge on any atom is 0.0705 e. The molecule has 0 radical (unpaired) electrons. The van der Waals surface area contributed by atoms with E-state index in [2.05, 4.69) is 17.1 Å². The van der Waals surface area contributed by atoms with Crippen LogP contribution in [0.3, 0.4) is 0 Å². The second-order valence-electron chi connectivity index (χ2n) is 4.24. The minimum Gasteiger partial charge on any atom is -0.396 e. The molecule has 0 fully saturated rings. The Morgan fingerprint density at radius 2 is 2.13 bits per heavy atom. The Hall–Kier alpha value is -1.41. The van der Waals surface area contributed by atoms with Gasteiger partial charge >= 0.3 is 0 Å². The van der Waals surface area contributed by atoms with E-state index in [1.807, 2.05) is 18.2 Å². The SMILES string of the molecule is OC[C@H]1Cc2cc3ccccc3nc2C1. The van der Waals surface area contributed by atoms with E-state index in [0.29, 0.717) is 5.92 Å². The molecule has 1 N–H and O–H groups in total. The van der Waals surface area contributed by atoms with Crippen molar-refractivity contribution in [2.45, 2.75) is 12.8 Å². The average Bonchev–Trinajstić information content (AvgIpc) is 2.67. The van der Waals surface area contributed by atoms with Crippen molar-refractivity contribution >= 4 is 10.9 Å². The lowest BCUT2D eigenvalue weighted by Crippen LogP contribution is -2.04. The minimum atomic E-state index is 0.271. The van der Waals surface area contributed by atoms with E-state index in [-0.39, 0.29) is 6.61 Å². The number of hydrogen-bond donors (Lipinski definition) is 1. The van der Waals surface area contributed by atoms with Crippen molar-refractivity contribution in [1.82, 2.24) is 4.98 Å². The third-order valence-corrected chi connectivity index (χ3v) is 3.14. The van der Waals surface area contributed by atoms with Crippen LogP contribution in [0.1, 0.15) is 11.3 Å². The summed E-state index contributed by atoms with van der Waals surface area (Å²) in [6.07, 6.45) is 1.90. The number of aliphatic hydroxyl groups excluding tert-OH is 1. The summed E-state index contributed by atoms with van der Waals surface area (Å²) in [5, 5.41) is 10.4. The summed E-state index contributed by atoms with van der Waals surface area (Å²) in [7, 11) is 0. The molecule has 1 aliphatic rings. The molecule has 3 rings (SSSR count). The summed E-state index contributed by atoms with van der Waals surface area (Å²) in [6.45, 7) is 0.271. The fourth-order valence-electron chi connectivity index (χ4n) is 2.34. The maximum atomic E-state index is 9.15. The third kappa shape index (κ3) is 1.41. The monoisotopic (exact) mass is 199 g/mol. The van der Waals surface area contributed by atoms with E-state index in [4.69, 9.17) is 5.11 Å². The van der Waals surface area contributed by atoms with Gasteiger partial charge in [-0.05, 0) is 36.5 Å². The summed E-state index contributed by atoms with van der Waals surface area (Å²) in [5.74, 6) is 0.379. The standard InChI is InChI=1S/C13H13NO/c15-8-9-5-11-7-10-3-1-2-4-12(10)14-13(11)6-9/h1-4,7,9,15H,5-6,8H2/t9-/m0/s1. The lowest BCUT2D eigenvalue weighted by molar-refractivity contribution is 0.232. The first-order valence-electron chi connectivity index (χ1n) is 5.35. The van der Waals surface area contributed by atoms with Crippen LogP contribution in [0.5, 0.6) is 0 Å². The van der Waals surface area contributed by atoms with Crippen LogP contribution in [0, 0.1) is 5.92 Å². The molecule has 0 unspecified atom stereocenters. The number of benzene rings is 1. The molecule has 0 saturated heterocycles. The van der Waals surface area contributed by atoms with Crippen molar-refractivity contribution < 1.29 is 5.11 Å². The van der Waals surface area contributed by atoms with E-state index in [9.17, 15) is 0 Å². The molecule has 1 aliphatic carbocycles. The fraction of sp³-hybridized carbons (Fsp3) is 0.308. The van der Waals surface area contributed by atoms with Crippen LogP contribution in [-0.2, 0) is 12.8 Å². The lowest BCUT2D eigenvalue weighted by Gasteiger charge is -2.01. The zero-order valence-electron chi connectivity index (χ0n) is 8.48. The molecular weight excluding hydrogens is 186 g/mol. The second kappa shape index (κ2) is 3.31. The second-order valence-corrected chi connectivity index (χ2v) is 4.24. The number of pyridine rings is 1. The normalized spacial score (nSPS) is 19.4. The van der Waals surface area contributed by atoms with E-state index in [0.717, 1.165) is 18.4 Å².